The van der Waals surface area contributed by atoms with Gasteiger partial charge in [0.25, 0.3) is 0 Å². The minimum absolute atomic E-state index is 0.0296. The van der Waals surface area contributed by atoms with E-state index in [1.807, 2.05) is 0 Å². The third-order valence-corrected chi connectivity index (χ3v) is 14.9. The highest BCUT2D eigenvalue weighted by molar-refractivity contribution is 6.19. The molecule has 0 spiro atoms. The molecule has 0 radical (unpaired) electrons. The lowest BCUT2D eigenvalue weighted by atomic mass is 9.78. The van der Waals surface area contributed by atoms with E-state index in [0.717, 1.165) is 16.6 Å². The maximum atomic E-state index is 6.38. The van der Waals surface area contributed by atoms with E-state index in [4.69, 9.17) is 4.42 Å². The maximum absolute atomic E-state index is 6.38. The Kier molecular flexibility index (Phi) is 9.66. The van der Waals surface area contributed by atoms with Gasteiger partial charge in [0.2, 0.25) is 0 Å². The first kappa shape index (κ1) is 40.7. The zero-order valence-corrected chi connectivity index (χ0v) is 38.7. The van der Waals surface area contributed by atoms with E-state index in [1.165, 1.54) is 111 Å². The van der Waals surface area contributed by atoms with Gasteiger partial charge in [0.05, 0.1) is 0 Å². The summed E-state index contributed by atoms with van der Waals surface area (Å²) in [5.41, 5.74) is 23.0. The molecule has 1 aliphatic rings. The molecule has 0 unspecified atom stereocenters. The topological polar surface area (TPSA) is 13.1 Å². The van der Waals surface area contributed by atoms with Gasteiger partial charge >= 0.3 is 0 Å². The van der Waals surface area contributed by atoms with Crippen molar-refractivity contribution in [3.05, 3.63) is 277 Å². The van der Waals surface area contributed by atoms with Gasteiger partial charge in [-0.25, -0.2) is 0 Å². The van der Waals surface area contributed by atoms with E-state index in [1.54, 1.807) is 0 Å². The quantitative estimate of drug-likeness (QED) is 0.139. The number of hydrogen-bond acceptors (Lipinski definition) is 1. The number of benzene rings is 11. The predicted octanol–water partition coefficient (Wildman–Crippen LogP) is 18.6. The minimum Gasteiger partial charge on any atom is -0.456 e. The Morgan fingerprint density at radius 2 is 0.710 bits per heavy atom. The third kappa shape index (κ3) is 7.09. The molecular weight excluding hydrogens is 833 g/mol. The van der Waals surface area contributed by atoms with Crippen molar-refractivity contribution in [2.75, 3.05) is 0 Å². The molecule has 326 valence electrons. The van der Waals surface area contributed by atoms with Crippen molar-refractivity contribution in [1.82, 2.24) is 0 Å². The van der Waals surface area contributed by atoms with Crippen molar-refractivity contribution in [1.29, 1.82) is 0 Å². The average Bonchev–Trinajstić information content (AvgIpc) is 3.90. The number of rotatable bonds is 8. The van der Waals surface area contributed by atoms with E-state index >= 15 is 0 Å². The largest absolute Gasteiger partial charge is 0.456 e. The van der Waals surface area contributed by atoms with Gasteiger partial charge in [-0.3, -0.25) is 0 Å². The van der Waals surface area contributed by atoms with Gasteiger partial charge in [0, 0.05) is 22.1 Å². The van der Waals surface area contributed by atoms with Crippen molar-refractivity contribution in [3.63, 3.8) is 0 Å². The highest BCUT2D eigenvalue weighted by atomic mass is 16.3. The van der Waals surface area contributed by atoms with Crippen LogP contribution >= 0.6 is 0 Å². The Hall–Kier alpha value is -8.52. The summed E-state index contributed by atoms with van der Waals surface area (Å²) in [5, 5.41) is 4.78. The van der Waals surface area contributed by atoms with Crippen molar-refractivity contribution >= 4 is 32.7 Å². The molecule has 1 heteroatoms. The molecule has 0 amide bonds. The normalized spacial score (nSPS) is 12.7. The number of furan rings is 1. The highest BCUT2D eigenvalue weighted by Gasteiger charge is 2.36. The molecule has 0 N–H and O–H groups in total. The zero-order chi connectivity index (χ0) is 46.1. The van der Waals surface area contributed by atoms with E-state index in [2.05, 4.69) is 263 Å². The van der Waals surface area contributed by atoms with Gasteiger partial charge in [0.1, 0.15) is 11.2 Å². The summed E-state index contributed by atoms with van der Waals surface area (Å²) in [5.74, 6) is 0.0296. The molecule has 11 aromatic carbocycles. The second-order valence-electron chi connectivity index (χ2n) is 19.2. The Morgan fingerprint density at radius 1 is 0.304 bits per heavy atom. The first-order valence-electron chi connectivity index (χ1n) is 24.1. The second-order valence-corrected chi connectivity index (χ2v) is 19.2. The summed E-state index contributed by atoms with van der Waals surface area (Å²) < 4.78 is 6.38. The van der Waals surface area contributed by atoms with Crippen LogP contribution < -0.4 is 0 Å². The van der Waals surface area contributed by atoms with Gasteiger partial charge in [-0.05, 0) is 130 Å². The Bertz CT molecular complexity index is 3730. The average molecular weight is 881 g/mol. The summed E-state index contributed by atoms with van der Waals surface area (Å²) in [6.45, 7) is 4.80. The van der Waals surface area contributed by atoms with Crippen LogP contribution in [0.2, 0.25) is 0 Å². The van der Waals surface area contributed by atoms with Crippen LogP contribution in [0.4, 0.5) is 0 Å². The van der Waals surface area contributed by atoms with Crippen LogP contribution in [0, 0.1) is 0 Å². The molecule has 12 aromatic rings. The maximum Gasteiger partial charge on any atom is 0.136 e. The van der Waals surface area contributed by atoms with Crippen LogP contribution in [0.15, 0.2) is 253 Å². The molecule has 0 saturated heterocycles. The second kappa shape index (κ2) is 16.4. The molecule has 13 rings (SSSR count). The van der Waals surface area contributed by atoms with E-state index < -0.39 is 0 Å². The Labute approximate surface area is 403 Å². The lowest BCUT2D eigenvalue weighted by Gasteiger charge is -2.25. The lowest BCUT2D eigenvalue weighted by Crippen LogP contribution is -2.16. The van der Waals surface area contributed by atoms with Crippen LogP contribution in [0.25, 0.3) is 99.5 Å². The van der Waals surface area contributed by atoms with Crippen molar-refractivity contribution < 1.29 is 4.42 Å². The fourth-order valence-corrected chi connectivity index (χ4v) is 11.1. The van der Waals surface area contributed by atoms with E-state index in [-0.39, 0.29) is 11.3 Å². The summed E-state index contributed by atoms with van der Waals surface area (Å²) in [6, 6.07) is 91.5. The van der Waals surface area contributed by atoms with Crippen molar-refractivity contribution in [2.24, 2.45) is 0 Å². The van der Waals surface area contributed by atoms with Crippen LogP contribution in [0.3, 0.4) is 0 Å². The molecular formula is C68H48O. The molecule has 0 atom stereocenters. The lowest BCUT2D eigenvalue weighted by molar-refractivity contribution is 0.659. The number of fused-ring (bicyclic) bond motifs is 8. The van der Waals surface area contributed by atoms with Crippen molar-refractivity contribution in [2.45, 2.75) is 25.2 Å². The zero-order valence-electron chi connectivity index (χ0n) is 38.7. The standard InChI is InChI=1S/C68H48O/c1-68(2)62-42-56(55-36-39-64-61(41-55)67-58-16-10-9-15-52(58)35-40-65(67)69-64)33-37-59(62)60-38-34-57(43-63(60)68)66(53-29-25-50(26-30-53)48-21-17-46(18-22-48)44-11-5-3-6-12-44)54-31-27-51(28-32-54)49-23-19-47(20-24-49)45-13-7-4-8-14-45/h3-43,66H,1-2H3. The molecule has 69 heavy (non-hydrogen) atoms. The summed E-state index contributed by atoms with van der Waals surface area (Å²) in [6.07, 6.45) is 0. The van der Waals surface area contributed by atoms with Crippen LogP contribution in [0.5, 0.6) is 0 Å². The molecule has 1 nitrogen and oxygen atoms in total. The Balaban J connectivity index is 0.859. The van der Waals surface area contributed by atoms with Gasteiger partial charge < -0.3 is 4.42 Å². The van der Waals surface area contributed by atoms with Crippen molar-refractivity contribution in [3.8, 4) is 66.8 Å². The van der Waals surface area contributed by atoms with E-state index in [0.29, 0.717) is 0 Å². The van der Waals surface area contributed by atoms with Gasteiger partial charge in [-0.1, -0.05) is 238 Å². The number of hydrogen-bond donors (Lipinski definition) is 0. The summed E-state index contributed by atoms with van der Waals surface area (Å²) >= 11 is 0. The SMILES string of the molecule is CC1(C)c2cc(-c3ccc4oc5ccc6ccccc6c5c4c3)ccc2-c2ccc(C(c3ccc(-c4ccc(-c5ccccc5)cc4)cc3)c3ccc(-c4ccc(-c5ccccc5)cc4)cc3)cc21. The molecule has 1 heterocycles. The first-order valence-corrected chi connectivity index (χ1v) is 24.1. The van der Waals surface area contributed by atoms with Gasteiger partial charge in [-0.2, -0.15) is 0 Å². The van der Waals surface area contributed by atoms with E-state index in [9.17, 15) is 0 Å². The predicted molar refractivity (Wildman–Crippen MR) is 290 cm³/mol. The fourth-order valence-electron chi connectivity index (χ4n) is 11.1. The van der Waals surface area contributed by atoms with Crippen LogP contribution in [0.1, 0.15) is 47.6 Å². The smallest absolute Gasteiger partial charge is 0.136 e. The molecule has 0 bridgehead atoms. The Morgan fingerprint density at radius 3 is 1.28 bits per heavy atom. The highest BCUT2D eigenvalue weighted by Crippen LogP contribution is 2.51. The van der Waals surface area contributed by atoms with Crippen LogP contribution in [-0.4, -0.2) is 0 Å². The summed E-state index contributed by atoms with van der Waals surface area (Å²) in [4.78, 5) is 0. The first-order chi connectivity index (χ1) is 33.9. The van der Waals surface area contributed by atoms with Gasteiger partial charge in [-0.15, -0.1) is 0 Å². The molecule has 1 aliphatic carbocycles. The molecule has 1 aromatic heterocycles. The molecule has 0 fully saturated rings. The van der Waals surface area contributed by atoms with Gasteiger partial charge in [0.15, 0.2) is 0 Å². The molecule has 0 aliphatic heterocycles. The molecule has 0 saturated carbocycles. The minimum atomic E-state index is -0.213. The summed E-state index contributed by atoms with van der Waals surface area (Å²) in [7, 11) is 0. The third-order valence-electron chi connectivity index (χ3n) is 14.9. The monoisotopic (exact) mass is 880 g/mol. The van der Waals surface area contributed by atoms with Crippen LogP contribution in [-0.2, 0) is 5.41 Å². The fraction of sp³-hybridized carbons (Fsp3) is 0.0588.